The molecule has 0 atom stereocenters. The number of benzene rings is 2. The highest BCUT2D eigenvalue weighted by molar-refractivity contribution is 6.08. The second-order valence-corrected chi connectivity index (χ2v) is 7.39. The minimum atomic E-state index is -5.01. The van der Waals surface area contributed by atoms with Gasteiger partial charge >= 0.3 is 12.1 Å². The summed E-state index contributed by atoms with van der Waals surface area (Å²) in [4.78, 5) is 26.0. The number of nitrogens with one attached hydrogen (secondary N) is 1. The number of carbonyl (C=O) groups is 2. The molecule has 3 rings (SSSR count). The number of rotatable bonds is 7. The summed E-state index contributed by atoms with van der Waals surface area (Å²) < 4.78 is 91.3. The lowest BCUT2D eigenvalue weighted by Gasteiger charge is -2.18. The van der Waals surface area contributed by atoms with Crippen molar-refractivity contribution in [2.24, 2.45) is 0 Å². The molecule has 188 valence electrons. The van der Waals surface area contributed by atoms with Gasteiger partial charge in [-0.2, -0.15) is 13.2 Å². The Bertz CT molecular complexity index is 1190. The van der Waals surface area contributed by atoms with Gasteiger partial charge in [0.05, 0.1) is 37.1 Å². The molecule has 0 saturated heterocycles. The molecule has 2 aromatic rings. The molecular weight excluding hydrogens is 486 g/mol. The van der Waals surface area contributed by atoms with Crippen molar-refractivity contribution in [2.75, 3.05) is 32.1 Å². The largest absolute Gasteiger partial charge is 0.466 e. The number of hydrogen-bond acceptors (Lipinski definition) is 6. The Kier molecular flexibility index (Phi) is 7.29. The molecule has 0 aromatic heterocycles. The molecular formula is C22H18F6N2O5. The molecule has 7 nitrogen and oxygen atoms in total. The normalized spacial score (nSPS) is 14.0. The highest BCUT2D eigenvalue weighted by Crippen LogP contribution is 2.39. The number of halogens is 6. The zero-order chi connectivity index (χ0) is 26.1. The molecule has 1 aliphatic heterocycles. The van der Waals surface area contributed by atoms with Crippen molar-refractivity contribution in [1.29, 1.82) is 0 Å². The number of alkyl halides is 3. The lowest BCUT2D eigenvalue weighted by Crippen LogP contribution is -2.31. The molecule has 0 spiro atoms. The van der Waals surface area contributed by atoms with E-state index in [0.29, 0.717) is 0 Å². The van der Waals surface area contributed by atoms with E-state index in [1.165, 1.54) is 6.92 Å². The Labute approximate surface area is 194 Å². The summed E-state index contributed by atoms with van der Waals surface area (Å²) in [7, 11) is 1.06. The van der Waals surface area contributed by atoms with E-state index in [-0.39, 0.29) is 47.7 Å². The van der Waals surface area contributed by atoms with Gasteiger partial charge in [-0.15, -0.1) is 0 Å². The average Bonchev–Trinajstić information content (AvgIpc) is 3.08. The summed E-state index contributed by atoms with van der Waals surface area (Å²) in [6, 6.07) is 1.88. The fraction of sp³-hybridized carbons (Fsp3) is 0.273. The zero-order valence-corrected chi connectivity index (χ0v) is 18.2. The first-order chi connectivity index (χ1) is 16.4. The molecule has 1 aliphatic rings. The molecule has 1 amide bonds. The smallest absolute Gasteiger partial charge is 0.416 e. The van der Waals surface area contributed by atoms with Gasteiger partial charge in [-0.25, -0.2) is 18.0 Å². The monoisotopic (exact) mass is 504 g/mol. The number of esters is 1. The molecule has 2 N–H and O–H groups in total. The average molecular weight is 504 g/mol. The number of hydrogen-bond donors (Lipinski definition) is 2. The number of ether oxygens (including phenoxy) is 2. The van der Waals surface area contributed by atoms with Crippen LogP contribution in [-0.4, -0.2) is 48.7 Å². The number of amides is 1. The van der Waals surface area contributed by atoms with Gasteiger partial charge in [-0.1, -0.05) is 0 Å². The molecule has 0 aliphatic carbocycles. The van der Waals surface area contributed by atoms with Gasteiger partial charge in [0, 0.05) is 12.6 Å². The number of carbonyl (C=O) groups excluding carboxylic acids is 2. The van der Waals surface area contributed by atoms with Gasteiger partial charge in [0.2, 0.25) is 0 Å². The van der Waals surface area contributed by atoms with Gasteiger partial charge < -0.3 is 24.8 Å². The third-order valence-electron chi connectivity index (χ3n) is 5.01. The SMILES string of the molecule is COC(=O)C1=C(Nc2cc(F)c(C)cc2Oc2c(F)cc(C(F)(F)F)cc2F)C(=O)N(CCO)C1. The van der Waals surface area contributed by atoms with E-state index in [9.17, 15) is 35.9 Å². The molecule has 13 heteroatoms. The second kappa shape index (κ2) is 9.86. The predicted octanol–water partition coefficient (Wildman–Crippen LogP) is 3.90. The molecule has 0 saturated carbocycles. The van der Waals surface area contributed by atoms with E-state index in [1.807, 2.05) is 0 Å². The third kappa shape index (κ3) is 5.34. The van der Waals surface area contributed by atoms with E-state index in [2.05, 4.69) is 10.1 Å². The van der Waals surface area contributed by atoms with Crippen LogP contribution in [0.3, 0.4) is 0 Å². The first-order valence-corrected chi connectivity index (χ1v) is 9.90. The highest BCUT2D eigenvalue weighted by Gasteiger charge is 2.36. The highest BCUT2D eigenvalue weighted by atomic mass is 19.4. The van der Waals surface area contributed by atoms with E-state index in [4.69, 9.17) is 9.84 Å². The van der Waals surface area contributed by atoms with Crippen molar-refractivity contribution >= 4 is 17.6 Å². The third-order valence-corrected chi connectivity index (χ3v) is 5.01. The van der Waals surface area contributed by atoms with Crippen LogP contribution < -0.4 is 10.1 Å². The number of nitrogens with zero attached hydrogens (tertiary/aromatic N) is 1. The fourth-order valence-corrected chi connectivity index (χ4v) is 3.25. The Balaban J connectivity index is 2.06. The predicted molar refractivity (Wildman–Crippen MR) is 109 cm³/mol. The van der Waals surface area contributed by atoms with Gasteiger partial charge in [-0.3, -0.25) is 4.79 Å². The van der Waals surface area contributed by atoms with Crippen molar-refractivity contribution < 1.29 is 50.5 Å². The summed E-state index contributed by atoms with van der Waals surface area (Å²) >= 11 is 0. The summed E-state index contributed by atoms with van der Waals surface area (Å²) in [6.07, 6.45) is -5.01. The molecule has 2 aromatic carbocycles. The molecule has 35 heavy (non-hydrogen) atoms. The number of β-amino-alcohol motifs (C(OH)–C–C–N with tert-alkyl or cyclic N) is 1. The zero-order valence-electron chi connectivity index (χ0n) is 18.2. The van der Waals surface area contributed by atoms with Crippen LogP contribution >= 0.6 is 0 Å². The van der Waals surface area contributed by atoms with Crippen LogP contribution in [-0.2, 0) is 20.5 Å². The lowest BCUT2D eigenvalue weighted by atomic mass is 10.1. The summed E-state index contributed by atoms with van der Waals surface area (Å²) in [5.74, 6) is -7.50. The topological polar surface area (TPSA) is 88.1 Å². The summed E-state index contributed by atoms with van der Waals surface area (Å²) in [5.41, 5.74) is -2.54. The van der Waals surface area contributed by atoms with Gasteiger partial charge in [0.1, 0.15) is 11.5 Å². The standard InChI is InChI=1S/C22H18F6N2O5/c1-10-5-17(35-19-14(24)6-11(7-15(19)25)22(26,27)28)16(8-13(10)23)29-18-12(21(33)34-2)9-30(3-4-31)20(18)32/h5-8,29,31H,3-4,9H2,1-2H3. The van der Waals surface area contributed by atoms with Crippen LogP contribution in [0.4, 0.5) is 32.0 Å². The second-order valence-electron chi connectivity index (χ2n) is 7.39. The first kappa shape index (κ1) is 25.9. The van der Waals surface area contributed by atoms with Crippen LogP contribution in [0, 0.1) is 24.4 Å². The van der Waals surface area contributed by atoms with E-state index >= 15 is 0 Å². The molecule has 0 radical (unpaired) electrons. The molecule has 0 unspecified atom stereocenters. The van der Waals surface area contributed by atoms with E-state index < -0.39 is 59.2 Å². The summed E-state index contributed by atoms with van der Waals surface area (Å²) in [5, 5.41) is 11.6. The van der Waals surface area contributed by atoms with Crippen LogP contribution in [0.25, 0.3) is 0 Å². The first-order valence-electron chi connectivity index (χ1n) is 9.90. The summed E-state index contributed by atoms with van der Waals surface area (Å²) in [6.45, 7) is 0.473. The van der Waals surface area contributed by atoms with E-state index in [1.54, 1.807) is 0 Å². The van der Waals surface area contributed by atoms with Crippen molar-refractivity contribution in [2.45, 2.75) is 13.1 Å². The van der Waals surface area contributed by atoms with Gasteiger partial charge in [-0.05, 0) is 30.7 Å². The van der Waals surface area contributed by atoms with Crippen LogP contribution in [0.2, 0.25) is 0 Å². The molecule has 0 fully saturated rings. The maximum atomic E-state index is 14.3. The van der Waals surface area contributed by atoms with Gasteiger partial charge in [0.15, 0.2) is 23.1 Å². The van der Waals surface area contributed by atoms with Crippen LogP contribution in [0.5, 0.6) is 11.5 Å². The fourth-order valence-electron chi connectivity index (χ4n) is 3.25. The number of aliphatic hydroxyl groups is 1. The van der Waals surface area contributed by atoms with Crippen molar-refractivity contribution in [3.05, 3.63) is 64.1 Å². The minimum absolute atomic E-state index is 0.0348. The van der Waals surface area contributed by atoms with Crippen molar-refractivity contribution in [3.63, 3.8) is 0 Å². The number of methoxy groups -OCH3 is 1. The van der Waals surface area contributed by atoms with E-state index in [0.717, 1.165) is 24.1 Å². The van der Waals surface area contributed by atoms with Crippen molar-refractivity contribution in [3.8, 4) is 11.5 Å². The van der Waals surface area contributed by atoms with Crippen LogP contribution in [0.15, 0.2) is 35.5 Å². The molecule has 1 heterocycles. The Morgan fingerprint density at radius 2 is 1.74 bits per heavy atom. The minimum Gasteiger partial charge on any atom is -0.466 e. The lowest BCUT2D eigenvalue weighted by molar-refractivity contribution is -0.138. The number of aliphatic hydroxyl groups excluding tert-OH is 1. The number of anilines is 1. The maximum Gasteiger partial charge on any atom is 0.416 e. The Morgan fingerprint density at radius 3 is 2.29 bits per heavy atom. The molecule has 0 bridgehead atoms. The van der Waals surface area contributed by atoms with Crippen molar-refractivity contribution in [1.82, 2.24) is 4.90 Å². The number of aryl methyl sites for hydroxylation is 1. The Morgan fingerprint density at radius 1 is 1.11 bits per heavy atom. The van der Waals surface area contributed by atoms with Crippen LogP contribution in [0.1, 0.15) is 11.1 Å². The quantitative estimate of drug-likeness (QED) is 0.440. The Hall–Kier alpha value is -3.74. The van der Waals surface area contributed by atoms with Gasteiger partial charge in [0.25, 0.3) is 5.91 Å². The maximum absolute atomic E-state index is 14.3.